The average Bonchev–Trinajstić information content (AvgIpc) is 2.56. The average molecular weight is 307 g/mol. The molecule has 2 aliphatic rings. The minimum atomic E-state index is 0.723. The normalized spacial score (nSPS) is 32.8. The lowest BCUT2D eigenvalue weighted by Gasteiger charge is -2.32. The molecular formula is C21H38O. The van der Waals surface area contributed by atoms with E-state index in [0.29, 0.717) is 0 Å². The van der Waals surface area contributed by atoms with Crippen LogP contribution in [0.15, 0.2) is 12.7 Å². The lowest BCUT2D eigenvalue weighted by atomic mass is 9.75. The molecule has 128 valence electrons. The second kappa shape index (κ2) is 10.5. The summed E-state index contributed by atoms with van der Waals surface area (Å²) < 4.78 is 5.62. The molecule has 0 amide bonds. The van der Waals surface area contributed by atoms with Crippen molar-refractivity contribution >= 4 is 0 Å². The minimum Gasteiger partial charge on any atom is -0.377 e. The SMILES string of the molecule is C=CCOC[C@H]1CC[C@H](CC[C@H]2CC[C@H](CCC)CC2)CC1. The molecule has 0 spiro atoms. The van der Waals surface area contributed by atoms with Crippen molar-refractivity contribution in [2.24, 2.45) is 23.7 Å². The molecule has 0 heterocycles. The molecule has 1 heteroatoms. The first-order valence-corrected chi connectivity index (χ1v) is 10.00. The van der Waals surface area contributed by atoms with E-state index in [1.165, 1.54) is 77.0 Å². The lowest BCUT2D eigenvalue weighted by molar-refractivity contribution is 0.0936. The van der Waals surface area contributed by atoms with Gasteiger partial charge >= 0.3 is 0 Å². The fourth-order valence-corrected chi connectivity index (χ4v) is 4.69. The zero-order chi connectivity index (χ0) is 15.6. The van der Waals surface area contributed by atoms with E-state index in [-0.39, 0.29) is 0 Å². The lowest BCUT2D eigenvalue weighted by Crippen LogP contribution is -2.20. The predicted molar refractivity (Wildman–Crippen MR) is 96.1 cm³/mol. The maximum absolute atomic E-state index is 5.62. The zero-order valence-electron chi connectivity index (χ0n) is 14.9. The summed E-state index contributed by atoms with van der Waals surface area (Å²) in [6, 6.07) is 0. The van der Waals surface area contributed by atoms with Crippen LogP contribution in [0, 0.1) is 23.7 Å². The molecule has 0 saturated heterocycles. The third-order valence-corrected chi connectivity index (χ3v) is 6.20. The summed E-state index contributed by atoms with van der Waals surface area (Å²) in [5, 5.41) is 0. The van der Waals surface area contributed by atoms with E-state index in [4.69, 9.17) is 4.74 Å². The first-order chi connectivity index (χ1) is 10.8. The summed E-state index contributed by atoms with van der Waals surface area (Å²) in [7, 11) is 0. The first-order valence-electron chi connectivity index (χ1n) is 10.00. The maximum Gasteiger partial charge on any atom is 0.0644 e. The third kappa shape index (κ3) is 6.44. The van der Waals surface area contributed by atoms with Crippen molar-refractivity contribution in [3.05, 3.63) is 12.7 Å². The fourth-order valence-electron chi connectivity index (χ4n) is 4.69. The summed E-state index contributed by atoms with van der Waals surface area (Å²) in [6.07, 6.45) is 19.5. The molecule has 0 radical (unpaired) electrons. The van der Waals surface area contributed by atoms with E-state index in [1.807, 2.05) is 6.08 Å². The largest absolute Gasteiger partial charge is 0.377 e. The summed E-state index contributed by atoms with van der Waals surface area (Å²) in [5.74, 6) is 3.96. The highest BCUT2D eigenvalue weighted by Crippen LogP contribution is 2.37. The Labute approximate surface area is 138 Å². The van der Waals surface area contributed by atoms with E-state index < -0.39 is 0 Å². The molecule has 0 aromatic rings. The van der Waals surface area contributed by atoms with Crippen LogP contribution >= 0.6 is 0 Å². The number of hydrogen-bond acceptors (Lipinski definition) is 1. The van der Waals surface area contributed by atoms with Gasteiger partial charge in [-0.1, -0.05) is 77.2 Å². The van der Waals surface area contributed by atoms with Crippen molar-refractivity contribution in [2.45, 2.75) is 84.0 Å². The molecule has 0 aliphatic heterocycles. The highest BCUT2D eigenvalue weighted by molar-refractivity contribution is 4.77. The van der Waals surface area contributed by atoms with Crippen LogP contribution in [0.2, 0.25) is 0 Å². The van der Waals surface area contributed by atoms with Gasteiger partial charge in [-0.15, -0.1) is 6.58 Å². The predicted octanol–water partition coefficient (Wildman–Crippen LogP) is 6.38. The molecule has 2 aliphatic carbocycles. The Bertz CT molecular complexity index is 282. The minimum absolute atomic E-state index is 0.723. The van der Waals surface area contributed by atoms with Crippen molar-refractivity contribution < 1.29 is 4.74 Å². The topological polar surface area (TPSA) is 9.23 Å². The zero-order valence-corrected chi connectivity index (χ0v) is 14.9. The second-order valence-corrected chi connectivity index (χ2v) is 7.97. The maximum atomic E-state index is 5.62. The summed E-state index contributed by atoms with van der Waals surface area (Å²) in [5.41, 5.74) is 0. The molecule has 22 heavy (non-hydrogen) atoms. The molecule has 2 rings (SSSR count). The smallest absolute Gasteiger partial charge is 0.0644 e. The van der Waals surface area contributed by atoms with Crippen LogP contribution in [0.4, 0.5) is 0 Å². The second-order valence-electron chi connectivity index (χ2n) is 7.97. The Kier molecular flexibility index (Phi) is 8.59. The van der Waals surface area contributed by atoms with Crippen molar-refractivity contribution in [3.8, 4) is 0 Å². The molecule has 0 unspecified atom stereocenters. The molecule has 0 atom stereocenters. The molecule has 2 fully saturated rings. The number of ether oxygens (including phenoxy) is 1. The number of hydrogen-bond donors (Lipinski definition) is 0. The molecule has 2 saturated carbocycles. The van der Waals surface area contributed by atoms with Crippen molar-refractivity contribution in [3.63, 3.8) is 0 Å². The van der Waals surface area contributed by atoms with Crippen molar-refractivity contribution in [1.82, 2.24) is 0 Å². The molecule has 0 bridgehead atoms. The standard InChI is InChI=1S/C21H38O/c1-3-5-18-6-8-19(9-7-18)10-11-20-12-14-21(15-13-20)17-22-16-4-2/h4,18-21H,2-3,5-17H2,1H3/t18-,19-,20-,21-. The van der Waals surface area contributed by atoms with Crippen LogP contribution in [-0.4, -0.2) is 13.2 Å². The third-order valence-electron chi connectivity index (χ3n) is 6.20. The van der Waals surface area contributed by atoms with Crippen LogP contribution in [0.5, 0.6) is 0 Å². The van der Waals surface area contributed by atoms with Crippen LogP contribution in [0.25, 0.3) is 0 Å². The Morgan fingerprint density at radius 2 is 1.23 bits per heavy atom. The highest BCUT2D eigenvalue weighted by atomic mass is 16.5. The van der Waals surface area contributed by atoms with Gasteiger partial charge in [0.1, 0.15) is 0 Å². The van der Waals surface area contributed by atoms with E-state index in [9.17, 15) is 0 Å². The van der Waals surface area contributed by atoms with Gasteiger partial charge < -0.3 is 4.74 Å². The van der Waals surface area contributed by atoms with Gasteiger partial charge in [0.2, 0.25) is 0 Å². The van der Waals surface area contributed by atoms with Crippen LogP contribution in [0.3, 0.4) is 0 Å². The van der Waals surface area contributed by atoms with Gasteiger partial charge in [-0.05, 0) is 36.5 Å². The van der Waals surface area contributed by atoms with E-state index in [1.54, 1.807) is 0 Å². The van der Waals surface area contributed by atoms with Gasteiger partial charge in [-0.3, -0.25) is 0 Å². The molecule has 0 N–H and O–H groups in total. The molecule has 1 nitrogen and oxygen atoms in total. The van der Waals surface area contributed by atoms with E-state index in [2.05, 4.69) is 13.5 Å². The monoisotopic (exact) mass is 306 g/mol. The van der Waals surface area contributed by atoms with Gasteiger partial charge in [0.05, 0.1) is 6.61 Å². The van der Waals surface area contributed by atoms with E-state index >= 15 is 0 Å². The van der Waals surface area contributed by atoms with Gasteiger partial charge in [0.25, 0.3) is 0 Å². The van der Waals surface area contributed by atoms with Gasteiger partial charge in [-0.25, -0.2) is 0 Å². The quantitative estimate of drug-likeness (QED) is 0.354. The Hall–Kier alpha value is -0.300. The van der Waals surface area contributed by atoms with Crippen LogP contribution in [-0.2, 0) is 4.74 Å². The van der Waals surface area contributed by atoms with Crippen LogP contribution < -0.4 is 0 Å². The van der Waals surface area contributed by atoms with Crippen LogP contribution in [0.1, 0.15) is 84.0 Å². The van der Waals surface area contributed by atoms with Gasteiger partial charge in [-0.2, -0.15) is 0 Å². The Morgan fingerprint density at radius 3 is 1.68 bits per heavy atom. The summed E-state index contributed by atoms with van der Waals surface area (Å²) in [6.45, 7) is 7.73. The Balaban J connectivity index is 1.53. The highest BCUT2D eigenvalue weighted by Gasteiger charge is 2.24. The van der Waals surface area contributed by atoms with E-state index in [0.717, 1.165) is 36.9 Å². The van der Waals surface area contributed by atoms with Gasteiger partial charge in [0.15, 0.2) is 0 Å². The van der Waals surface area contributed by atoms with Crippen molar-refractivity contribution in [1.29, 1.82) is 0 Å². The summed E-state index contributed by atoms with van der Waals surface area (Å²) >= 11 is 0. The molecular weight excluding hydrogens is 268 g/mol. The first kappa shape index (κ1) is 18.0. The molecule has 0 aromatic heterocycles. The van der Waals surface area contributed by atoms with Gasteiger partial charge in [0, 0.05) is 6.61 Å². The molecule has 0 aromatic carbocycles. The fraction of sp³-hybridized carbons (Fsp3) is 0.905. The van der Waals surface area contributed by atoms with Crippen molar-refractivity contribution in [2.75, 3.05) is 13.2 Å². The number of rotatable bonds is 9. The summed E-state index contributed by atoms with van der Waals surface area (Å²) in [4.78, 5) is 0. The Morgan fingerprint density at radius 1 is 0.773 bits per heavy atom.